The molecule has 7 aromatic carbocycles. The number of nitrogens with zero attached hydrogens (tertiary/aromatic N) is 3. The molecule has 0 aliphatic carbocycles. The number of aryl methyl sites for hydroxylation is 5. The van der Waals surface area contributed by atoms with Crippen molar-refractivity contribution in [1.29, 1.82) is 0 Å². The molecule has 11 rings (SSSR count). The Balaban J connectivity index is 0.00000525. The SMILES string of the molecule is Cc1ccc(-c2[c-]cc(-c3ccccc3-c3cc(CCc4c[c-]c(-c5ccccn5)cc4)cc(CCc4c[c-]c(-c5ccccn5)cc4)c3)c(-c3ccc4c(c3)sc3ccccc34)c2)nc1.[Ir+3]. The summed E-state index contributed by atoms with van der Waals surface area (Å²) in [6, 6.07) is 76.0. The molecule has 0 atom stereocenters. The van der Waals surface area contributed by atoms with Crippen LogP contribution < -0.4 is 0 Å². The van der Waals surface area contributed by atoms with E-state index in [0.29, 0.717) is 0 Å². The van der Waals surface area contributed by atoms with Crippen LogP contribution in [0.25, 0.3) is 87.3 Å². The normalized spacial score (nSPS) is 11.2. The summed E-state index contributed by atoms with van der Waals surface area (Å²) in [4.78, 5) is 13.9. The van der Waals surface area contributed by atoms with Crippen molar-refractivity contribution in [2.75, 3.05) is 0 Å². The molecule has 0 amide bonds. The van der Waals surface area contributed by atoms with Crippen molar-refractivity contribution in [2.45, 2.75) is 32.6 Å². The van der Waals surface area contributed by atoms with Gasteiger partial charge in [-0.05, 0) is 94.5 Å². The summed E-state index contributed by atoms with van der Waals surface area (Å²) >= 11 is 1.85. The monoisotopic (exact) mass is 1060 g/mol. The largest absolute Gasteiger partial charge is 3.00 e. The third-order valence-corrected chi connectivity index (χ3v) is 13.6. The van der Waals surface area contributed by atoms with E-state index in [1.165, 1.54) is 64.7 Å². The molecule has 0 N–H and O–H groups in total. The number of thiophene rings is 1. The molecule has 0 spiro atoms. The summed E-state index contributed by atoms with van der Waals surface area (Å²) < 4.78 is 2.58. The van der Waals surface area contributed by atoms with Gasteiger partial charge in [-0.25, -0.2) is 0 Å². The van der Waals surface area contributed by atoms with E-state index in [1.807, 2.05) is 66.3 Å². The van der Waals surface area contributed by atoms with Gasteiger partial charge in [0.15, 0.2) is 0 Å². The number of aromatic nitrogens is 3. The molecule has 0 aliphatic heterocycles. The molecular formula is C62H44IrN3S. The topological polar surface area (TPSA) is 38.7 Å². The quantitative estimate of drug-likeness (QED) is 0.114. The maximum atomic E-state index is 4.83. The maximum absolute atomic E-state index is 4.83. The van der Waals surface area contributed by atoms with E-state index < -0.39 is 0 Å². The minimum Gasteiger partial charge on any atom is -0.305 e. The van der Waals surface area contributed by atoms with Gasteiger partial charge in [-0.3, -0.25) is 0 Å². The van der Waals surface area contributed by atoms with Gasteiger partial charge in [-0.2, -0.15) is 0 Å². The molecule has 4 aromatic heterocycles. The summed E-state index contributed by atoms with van der Waals surface area (Å²) in [5, 5.41) is 2.59. The summed E-state index contributed by atoms with van der Waals surface area (Å²) in [5.74, 6) is 0. The van der Waals surface area contributed by atoms with Crippen LogP contribution in [0.4, 0.5) is 0 Å². The standard InChI is InChI=1S/C62H44N3S.Ir/c1-42-16-33-60(65-41-42)50-30-31-54(57(39-50)49-29-32-56-55-12-4-5-15-61(55)66-62(56)40-49)53-11-3-2-10-52(53)51-37-45(19-17-43-21-25-47(26-22-43)58-13-6-8-34-63-58)36-46(38-51)20-18-44-23-27-48(28-24-44)59-14-7-9-35-64-59;/h2-16,21-25,27,29,31-41H,17-20H2,1H3;/q-3;+3. The van der Waals surface area contributed by atoms with E-state index >= 15 is 0 Å². The van der Waals surface area contributed by atoms with Gasteiger partial charge in [0, 0.05) is 38.8 Å². The molecule has 11 aromatic rings. The molecule has 0 bridgehead atoms. The molecule has 4 heterocycles. The van der Waals surface area contributed by atoms with Crippen molar-refractivity contribution in [1.82, 2.24) is 15.0 Å². The smallest absolute Gasteiger partial charge is 0.305 e. The van der Waals surface area contributed by atoms with Crippen LogP contribution in [-0.2, 0) is 45.8 Å². The van der Waals surface area contributed by atoms with Crippen LogP contribution >= 0.6 is 11.3 Å². The van der Waals surface area contributed by atoms with E-state index in [4.69, 9.17) is 4.98 Å². The van der Waals surface area contributed by atoms with Crippen molar-refractivity contribution >= 4 is 31.5 Å². The first-order valence-electron chi connectivity index (χ1n) is 22.6. The summed E-state index contributed by atoms with van der Waals surface area (Å²) in [6.45, 7) is 2.08. The molecule has 3 nitrogen and oxygen atoms in total. The number of benzene rings is 7. The van der Waals surface area contributed by atoms with Gasteiger partial charge in [0.25, 0.3) is 0 Å². The number of rotatable bonds is 12. The Morgan fingerprint density at radius 1 is 0.403 bits per heavy atom. The Morgan fingerprint density at radius 2 is 1.00 bits per heavy atom. The second-order valence-corrected chi connectivity index (χ2v) is 18.0. The molecular weight excluding hydrogens is 1010 g/mol. The van der Waals surface area contributed by atoms with Crippen molar-refractivity contribution in [3.05, 3.63) is 247 Å². The van der Waals surface area contributed by atoms with Crippen molar-refractivity contribution in [3.8, 4) is 67.2 Å². The van der Waals surface area contributed by atoms with Crippen LogP contribution in [0.15, 0.2) is 201 Å². The molecule has 0 aliphatic rings. The molecule has 67 heavy (non-hydrogen) atoms. The van der Waals surface area contributed by atoms with Gasteiger partial charge in [-0.15, -0.1) is 106 Å². The van der Waals surface area contributed by atoms with Crippen molar-refractivity contribution in [3.63, 3.8) is 0 Å². The van der Waals surface area contributed by atoms with Crippen LogP contribution in [0.1, 0.15) is 27.8 Å². The van der Waals surface area contributed by atoms with Crippen LogP contribution in [0, 0.1) is 25.1 Å². The Kier molecular flexibility index (Phi) is 12.9. The zero-order valence-corrected chi connectivity index (χ0v) is 40.2. The first-order valence-corrected chi connectivity index (χ1v) is 23.4. The molecule has 0 saturated carbocycles. The zero-order chi connectivity index (χ0) is 44.2. The molecule has 0 unspecified atom stereocenters. The van der Waals surface area contributed by atoms with Crippen LogP contribution in [-0.4, -0.2) is 15.0 Å². The van der Waals surface area contributed by atoms with Crippen molar-refractivity contribution in [2.24, 2.45) is 0 Å². The number of fused-ring (bicyclic) bond motifs is 3. The average molecular weight is 1060 g/mol. The van der Waals surface area contributed by atoms with Crippen LogP contribution in [0.5, 0.6) is 0 Å². The van der Waals surface area contributed by atoms with E-state index in [9.17, 15) is 0 Å². The summed E-state index contributed by atoms with van der Waals surface area (Å²) in [5.41, 5.74) is 19.1. The number of hydrogen-bond donors (Lipinski definition) is 0. The van der Waals surface area contributed by atoms with Crippen molar-refractivity contribution < 1.29 is 20.1 Å². The molecule has 5 heteroatoms. The predicted molar refractivity (Wildman–Crippen MR) is 274 cm³/mol. The third-order valence-electron chi connectivity index (χ3n) is 12.4. The molecule has 0 fully saturated rings. The second-order valence-electron chi connectivity index (χ2n) is 16.9. The summed E-state index contributed by atoms with van der Waals surface area (Å²) in [7, 11) is 0. The fraction of sp³-hybridized carbons (Fsp3) is 0.0806. The van der Waals surface area contributed by atoms with Gasteiger partial charge in [0.1, 0.15) is 0 Å². The average Bonchev–Trinajstić information content (AvgIpc) is 3.76. The summed E-state index contributed by atoms with van der Waals surface area (Å²) in [6.07, 6.45) is 9.21. The van der Waals surface area contributed by atoms with Crippen LogP contribution in [0.3, 0.4) is 0 Å². The second kappa shape index (κ2) is 19.8. The van der Waals surface area contributed by atoms with E-state index in [1.54, 1.807) is 0 Å². The molecule has 322 valence electrons. The van der Waals surface area contributed by atoms with Gasteiger partial charge >= 0.3 is 20.1 Å². The molecule has 0 radical (unpaired) electrons. The molecule has 0 saturated heterocycles. The number of hydrogen-bond acceptors (Lipinski definition) is 4. The Bertz CT molecular complexity index is 3350. The first kappa shape index (κ1) is 43.7. The fourth-order valence-corrected chi connectivity index (χ4v) is 10.1. The predicted octanol–water partition coefficient (Wildman–Crippen LogP) is 15.5. The Morgan fingerprint density at radius 3 is 1.63 bits per heavy atom. The van der Waals surface area contributed by atoms with E-state index in [0.717, 1.165) is 76.1 Å². The Labute approximate surface area is 410 Å². The Hall–Kier alpha value is -7.14. The van der Waals surface area contributed by atoms with E-state index in [-0.39, 0.29) is 20.1 Å². The third kappa shape index (κ3) is 9.59. The first-order chi connectivity index (χ1) is 32.6. The van der Waals surface area contributed by atoms with Gasteiger partial charge in [0.2, 0.25) is 0 Å². The van der Waals surface area contributed by atoms with Crippen LogP contribution in [0.2, 0.25) is 0 Å². The maximum Gasteiger partial charge on any atom is 3.00 e. The number of pyridine rings is 3. The van der Waals surface area contributed by atoms with E-state index in [2.05, 4.69) is 181 Å². The van der Waals surface area contributed by atoms with Gasteiger partial charge in [0.05, 0.1) is 0 Å². The van der Waals surface area contributed by atoms with Gasteiger partial charge < -0.3 is 15.0 Å². The zero-order valence-electron chi connectivity index (χ0n) is 37.0. The van der Waals surface area contributed by atoms with Gasteiger partial charge in [-0.1, -0.05) is 139 Å². The minimum atomic E-state index is 0. The fourth-order valence-electron chi connectivity index (χ4n) is 8.96. The minimum absolute atomic E-state index is 0.